The zero-order valence-electron chi connectivity index (χ0n) is 20.0. The van der Waals surface area contributed by atoms with Crippen molar-refractivity contribution in [3.63, 3.8) is 0 Å². The summed E-state index contributed by atoms with van der Waals surface area (Å²) in [4.78, 5) is 15.4. The molecule has 0 unspecified atom stereocenters. The van der Waals surface area contributed by atoms with Gasteiger partial charge in [-0.1, -0.05) is 16.8 Å². The lowest BCUT2D eigenvalue weighted by molar-refractivity contribution is 0.0291. The quantitative estimate of drug-likeness (QED) is 0.420. The van der Waals surface area contributed by atoms with E-state index in [2.05, 4.69) is 30.7 Å². The van der Waals surface area contributed by atoms with Gasteiger partial charge in [0.25, 0.3) is 5.91 Å². The second-order valence-corrected chi connectivity index (χ2v) is 9.59. The molecule has 0 spiro atoms. The molecule has 0 saturated carbocycles. The van der Waals surface area contributed by atoms with Crippen molar-refractivity contribution in [2.75, 3.05) is 19.7 Å². The van der Waals surface area contributed by atoms with E-state index in [1.807, 2.05) is 24.4 Å². The Hall–Kier alpha value is -3.67. The summed E-state index contributed by atoms with van der Waals surface area (Å²) in [7, 11) is 0. The molecule has 1 amide bonds. The molecule has 192 valence electrons. The standard InChI is InChI=1S/C25H26ClN7O4/c26-19-4-2-16-10-23(19)35-9-1-8-33-11-17(29-31-33)15-36-24-14-32(13-21(24)28-25(16)34)12-18-3-5-22(37-18)20-6-7-27-30-20/h2-7,10-11,21,24H,1,8-9,12-15H2,(H,27,30)(H,28,34)/t21-,24-/m0/s1. The molecular formula is C25H26ClN7O4. The minimum Gasteiger partial charge on any atom is -0.492 e. The molecule has 2 aliphatic rings. The zero-order valence-corrected chi connectivity index (χ0v) is 20.7. The van der Waals surface area contributed by atoms with Crippen LogP contribution in [-0.4, -0.2) is 67.8 Å². The second-order valence-electron chi connectivity index (χ2n) is 9.18. The number of ether oxygens (including phenoxy) is 2. The molecule has 6 rings (SSSR count). The number of aromatic nitrogens is 5. The Bertz CT molecular complexity index is 1370. The number of likely N-dealkylation sites (tertiary alicyclic amines) is 1. The Labute approximate surface area is 217 Å². The molecule has 2 N–H and O–H groups in total. The van der Waals surface area contributed by atoms with Gasteiger partial charge in [-0.2, -0.15) is 5.10 Å². The number of carbonyl (C=O) groups excluding carboxylic acids is 1. The Kier molecular flexibility index (Phi) is 6.64. The summed E-state index contributed by atoms with van der Waals surface area (Å²) >= 11 is 6.31. The van der Waals surface area contributed by atoms with E-state index in [4.69, 9.17) is 25.5 Å². The van der Waals surface area contributed by atoms with Gasteiger partial charge in [0.1, 0.15) is 22.9 Å². The number of hydrogen-bond donors (Lipinski definition) is 2. The van der Waals surface area contributed by atoms with Crippen molar-refractivity contribution in [3.05, 3.63) is 70.8 Å². The lowest BCUT2D eigenvalue weighted by atomic mass is 10.1. The van der Waals surface area contributed by atoms with Crippen molar-refractivity contribution in [2.24, 2.45) is 0 Å². The van der Waals surface area contributed by atoms with Gasteiger partial charge < -0.3 is 19.2 Å². The van der Waals surface area contributed by atoms with Crippen molar-refractivity contribution in [2.45, 2.75) is 38.3 Å². The van der Waals surface area contributed by atoms with E-state index in [-0.39, 0.29) is 18.1 Å². The van der Waals surface area contributed by atoms with Gasteiger partial charge in [0.05, 0.1) is 43.1 Å². The number of fused-ring (bicyclic) bond motifs is 5. The predicted octanol–water partition coefficient (Wildman–Crippen LogP) is 2.90. The number of H-pyrrole nitrogens is 1. The minimum atomic E-state index is -0.243. The first-order chi connectivity index (χ1) is 18.1. The Balaban J connectivity index is 1.21. The highest BCUT2D eigenvalue weighted by Crippen LogP contribution is 2.27. The summed E-state index contributed by atoms with van der Waals surface area (Å²) in [5, 5.41) is 18.9. The summed E-state index contributed by atoms with van der Waals surface area (Å²) in [6.45, 7) is 3.18. The van der Waals surface area contributed by atoms with Crippen molar-refractivity contribution in [1.82, 2.24) is 35.4 Å². The Morgan fingerprint density at radius 1 is 1.16 bits per heavy atom. The molecule has 3 aromatic heterocycles. The second kappa shape index (κ2) is 10.4. The van der Waals surface area contributed by atoms with Crippen LogP contribution in [0.15, 0.2) is 53.2 Å². The number of benzene rings is 1. The first-order valence-electron chi connectivity index (χ1n) is 12.2. The number of aryl methyl sites for hydroxylation is 1. The van der Waals surface area contributed by atoms with Gasteiger partial charge in [-0.3, -0.25) is 19.5 Å². The molecule has 37 heavy (non-hydrogen) atoms. The molecule has 4 aromatic rings. The third-order valence-corrected chi connectivity index (χ3v) is 6.79. The Morgan fingerprint density at radius 3 is 3.00 bits per heavy atom. The zero-order chi connectivity index (χ0) is 25.2. The van der Waals surface area contributed by atoms with Crippen molar-refractivity contribution in [3.8, 4) is 17.2 Å². The molecule has 0 aliphatic carbocycles. The summed E-state index contributed by atoms with van der Waals surface area (Å²) in [5.74, 6) is 1.81. The van der Waals surface area contributed by atoms with Gasteiger partial charge >= 0.3 is 0 Å². The van der Waals surface area contributed by atoms with E-state index >= 15 is 0 Å². The van der Waals surface area contributed by atoms with E-state index in [9.17, 15) is 4.79 Å². The SMILES string of the molecule is O=C1N[C@H]2CN(Cc3ccc(-c4ccn[nH]4)o3)C[C@@H]2OCc2cn(nn2)CCCOc2cc1ccc2Cl. The van der Waals surface area contributed by atoms with Crippen molar-refractivity contribution in [1.29, 1.82) is 0 Å². The highest BCUT2D eigenvalue weighted by molar-refractivity contribution is 6.32. The summed E-state index contributed by atoms with van der Waals surface area (Å²) < 4.78 is 19.9. The summed E-state index contributed by atoms with van der Waals surface area (Å²) in [6, 6.07) is 10.6. The first kappa shape index (κ1) is 23.7. The lowest BCUT2D eigenvalue weighted by Crippen LogP contribution is -2.44. The maximum atomic E-state index is 13.2. The van der Waals surface area contributed by atoms with E-state index in [0.717, 1.165) is 22.9 Å². The molecule has 5 heterocycles. The van der Waals surface area contributed by atoms with Crippen LogP contribution in [0.4, 0.5) is 0 Å². The maximum absolute atomic E-state index is 13.2. The number of halogens is 1. The number of aromatic amines is 1. The fraction of sp³-hybridized carbons (Fsp3) is 0.360. The molecule has 2 atom stereocenters. The molecular weight excluding hydrogens is 498 g/mol. The van der Waals surface area contributed by atoms with Crippen LogP contribution >= 0.6 is 11.6 Å². The monoisotopic (exact) mass is 523 g/mol. The van der Waals surface area contributed by atoms with Crippen molar-refractivity contribution < 1.29 is 18.7 Å². The third kappa shape index (κ3) is 5.38. The van der Waals surface area contributed by atoms with Crippen LogP contribution in [-0.2, 0) is 24.4 Å². The first-order valence-corrected chi connectivity index (χ1v) is 12.5. The normalized spacial score (nSPS) is 20.8. The van der Waals surface area contributed by atoms with Gasteiger partial charge in [0, 0.05) is 37.8 Å². The van der Waals surface area contributed by atoms with Crippen LogP contribution in [0.1, 0.15) is 28.2 Å². The molecule has 4 bridgehead atoms. The van der Waals surface area contributed by atoms with Gasteiger partial charge in [-0.25, -0.2) is 0 Å². The summed E-state index contributed by atoms with van der Waals surface area (Å²) in [6.07, 6.45) is 4.03. The van der Waals surface area contributed by atoms with E-state index in [1.54, 1.807) is 29.1 Å². The molecule has 1 aromatic carbocycles. The minimum absolute atomic E-state index is 0.209. The number of nitrogens with one attached hydrogen (secondary N) is 2. The Morgan fingerprint density at radius 2 is 2.11 bits per heavy atom. The van der Waals surface area contributed by atoms with E-state index in [0.29, 0.717) is 62.1 Å². The number of furan rings is 1. The molecule has 0 radical (unpaired) electrons. The molecule has 11 nitrogen and oxygen atoms in total. The summed E-state index contributed by atoms with van der Waals surface area (Å²) in [5.41, 5.74) is 2.04. The van der Waals surface area contributed by atoms with Gasteiger partial charge in [0.15, 0.2) is 5.76 Å². The van der Waals surface area contributed by atoms with Crippen LogP contribution in [0.25, 0.3) is 11.5 Å². The predicted molar refractivity (Wildman–Crippen MR) is 133 cm³/mol. The topological polar surface area (TPSA) is 123 Å². The highest BCUT2D eigenvalue weighted by Gasteiger charge is 2.35. The largest absolute Gasteiger partial charge is 0.492 e. The molecule has 1 fully saturated rings. The third-order valence-electron chi connectivity index (χ3n) is 6.48. The maximum Gasteiger partial charge on any atom is 0.251 e. The van der Waals surface area contributed by atoms with Crippen LogP contribution in [0.2, 0.25) is 5.02 Å². The van der Waals surface area contributed by atoms with E-state index < -0.39 is 0 Å². The van der Waals surface area contributed by atoms with E-state index in [1.165, 1.54) is 0 Å². The number of hydrogen-bond acceptors (Lipinski definition) is 8. The molecule has 1 saturated heterocycles. The number of carbonyl (C=O) groups is 1. The van der Waals surface area contributed by atoms with Crippen LogP contribution in [0.3, 0.4) is 0 Å². The highest BCUT2D eigenvalue weighted by atomic mass is 35.5. The number of amides is 1. The lowest BCUT2D eigenvalue weighted by Gasteiger charge is -2.20. The van der Waals surface area contributed by atoms with Crippen LogP contribution in [0.5, 0.6) is 5.75 Å². The van der Waals surface area contributed by atoms with Crippen LogP contribution < -0.4 is 10.1 Å². The average Bonchev–Trinajstić information content (AvgIpc) is 3.69. The fourth-order valence-corrected chi connectivity index (χ4v) is 4.80. The van der Waals surface area contributed by atoms with Gasteiger partial charge in [-0.05, 0) is 36.4 Å². The molecule has 12 heteroatoms. The van der Waals surface area contributed by atoms with Crippen molar-refractivity contribution >= 4 is 17.5 Å². The number of rotatable bonds is 3. The van der Waals surface area contributed by atoms with Gasteiger partial charge in [-0.15, -0.1) is 5.10 Å². The average molecular weight is 524 g/mol. The number of nitrogens with zero attached hydrogens (tertiary/aromatic N) is 5. The van der Waals surface area contributed by atoms with Crippen LogP contribution in [0, 0.1) is 0 Å². The van der Waals surface area contributed by atoms with Gasteiger partial charge in [0.2, 0.25) is 0 Å². The fourth-order valence-electron chi connectivity index (χ4n) is 4.63. The smallest absolute Gasteiger partial charge is 0.251 e. The molecule has 2 aliphatic heterocycles.